The number of aromatic nitrogens is 2. The highest BCUT2D eigenvalue weighted by atomic mass is 35.5. The van der Waals surface area contributed by atoms with E-state index in [-0.39, 0.29) is 0 Å². The molecule has 4 rings (SSSR count). The van der Waals surface area contributed by atoms with Crippen LogP contribution in [0.4, 0.5) is 11.5 Å². The van der Waals surface area contributed by atoms with E-state index in [1.54, 1.807) is 18.5 Å². The Morgan fingerprint density at radius 2 is 2.08 bits per heavy atom. The lowest BCUT2D eigenvalue weighted by atomic mass is 10.1. The molecule has 1 aliphatic heterocycles. The van der Waals surface area contributed by atoms with Gasteiger partial charge in [0.25, 0.3) is 0 Å². The summed E-state index contributed by atoms with van der Waals surface area (Å²) in [6.07, 6.45) is 4.50. The highest BCUT2D eigenvalue weighted by Crippen LogP contribution is 2.28. The van der Waals surface area contributed by atoms with Gasteiger partial charge in [0.1, 0.15) is 16.7 Å². The second-order valence-electron chi connectivity index (χ2n) is 6.08. The number of halogens is 1. The molecule has 0 saturated carbocycles. The standard InChI is InChI=1S/C19H18ClN3O2/c20-18-4-1-15(10-22-18)23-19-17-3-2-16(9-14(17)5-7-21-19)25-8-6-13-11-24-12-13/h1-5,7,9-10,13H,6,8,11-12H2,(H,21,23). The van der Waals surface area contributed by atoms with Crippen LogP contribution in [0.1, 0.15) is 6.42 Å². The Morgan fingerprint density at radius 3 is 2.84 bits per heavy atom. The molecule has 0 atom stereocenters. The van der Waals surface area contributed by atoms with E-state index in [1.165, 1.54) is 0 Å². The maximum Gasteiger partial charge on any atom is 0.138 e. The first-order valence-electron chi connectivity index (χ1n) is 8.26. The predicted molar refractivity (Wildman–Crippen MR) is 98.7 cm³/mol. The summed E-state index contributed by atoms with van der Waals surface area (Å²) in [5.41, 5.74) is 0.840. The third kappa shape index (κ3) is 3.83. The van der Waals surface area contributed by atoms with Crippen molar-refractivity contribution in [2.75, 3.05) is 25.1 Å². The number of fused-ring (bicyclic) bond motifs is 1. The van der Waals surface area contributed by atoms with Crippen LogP contribution in [0.5, 0.6) is 5.75 Å². The van der Waals surface area contributed by atoms with E-state index in [9.17, 15) is 0 Å². The summed E-state index contributed by atoms with van der Waals surface area (Å²) in [5, 5.41) is 5.84. The molecular formula is C19H18ClN3O2. The van der Waals surface area contributed by atoms with Gasteiger partial charge in [-0.05, 0) is 48.2 Å². The smallest absolute Gasteiger partial charge is 0.138 e. The van der Waals surface area contributed by atoms with Crippen molar-refractivity contribution in [2.45, 2.75) is 6.42 Å². The van der Waals surface area contributed by atoms with Crippen LogP contribution in [0.15, 0.2) is 48.8 Å². The second kappa shape index (κ2) is 7.25. The summed E-state index contributed by atoms with van der Waals surface area (Å²) in [7, 11) is 0. The van der Waals surface area contributed by atoms with Crippen LogP contribution in [0.25, 0.3) is 10.8 Å². The number of hydrogen-bond acceptors (Lipinski definition) is 5. The van der Waals surface area contributed by atoms with Crippen LogP contribution < -0.4 is 10.1 Å². The molecule has 1 N–H and O–H groups in total. The number of nitrogens with zero attached hydrogens (tertiary/aromatic N) is 2. The van der Waals surface area contributed by atoms with Crippen molar-refractivity contribution >= 4 is 33.9 Å². The summed E-state index contributed by atoms with van der Waals surface area (Å²) in [4.78, 5) is 8.51. The highest BCUT2D eigenvalue weighted by Gasteiger charge is 2.17. The third-order valence-electron chi connectivity index (χ3n) is 4.23. The monoisotopic (exact) mass is 355 g/mol. The van der Waals surface area contributed by atoms with E-state index >= 15 is 0 Å². The summed E-state index contributed by atoms with van der Waals surface area (Å²) < 4.78 is 11.1. The number of hydrogen-bond donors (Lipinski definition) is 1. The molecule has 0 radical (unpaired) electrons. The minimum atomic E-state index is 0.465. The molecule has 3 aromatic rings. The minimum absolute atomic E-state index is 0.465. The number of rotatable bonds is 6. The average molecular weight is 356 g/mol. The molecule has 25 heavy (non-hydrogen) atoms. The first-order valence-corrected chi connectivity index (χ1v) is 8.63. The molecule has 1 aromatic carbocycles. The molecular weight excluding hydrogens is 338 g/mol. The van der Waals surface area contributed by atoms with Crippen molar-refractivity contribution in [1.82, 2.24) is 9.97 Å². The van der Waals surface area contributed by atoms with Crippen LogP contribution in [-0.4, -0.2) is 29.8 Å². The van der Waals surface area contributed by atoms with Gasteiger partial charge in [0.2, 0.25) is 0 Å². The van der Waals surface area contributed by atoms with E-state index in [1.807, 2.05) is 30.3 Å². The van der Waals surface area contributed by atoms with Gasteiger partial charge >= 0.3 is 0 Å². The molecule has 0 aliphatic carbocycles. The van der Waals surface area contributed by atoms with Gasteiger partial charge in [-0.25, -0.2) is 9.97 Å². The van der Waals surface area contributed by atoms with Gasteiger partial charge in [-0.15, -0.1) is 0 Å². The first kappa shape index (κ1) is 16.1. The van der Waals surface area contributed by atoms with Crippen molar-refractivity contribution in [3.63, 3.8) is 0 Å². The fourth-order valence-corrected chi connectivity index (χ4v) is 2.84. The number of benzene rings is 1. The third-order valence-corrected chi connectivity index (χ3v) is 4.45. The molecule has 1 fully saturated rings. The van der Waals surface area contributed by atoms with E-state index < -0.39 is 0 Å². The lowest BCUT2D eigenvalue weighted by Crippen LogP contribution is -2.28. The fraction of sp³-hybridized carbons (Fsp3) is 0.263. The fourth-order valence-electron chi connectivity index (χ4n) is 2.73. The van der Waals surface area contributed by atoms with E-state index in [0.717, 1.165) is 47.7 Å². The second-order valence-corrected chi connectivity index (χ2v) is 6.46. The van der Waals surface area contributed by atoms with Gasteiger partial charge in [0, 0.05) is 17.5 Å². The zero-order chi connectivity index (χ0) is 17.1. The SMILES string of the molecule is Clc1ccc(Nc2nccc3cc(OCCC4COC4)ccc23)cn1. The largest absolute Gasteiger partial charge is 0.494 e. The molecule has 128 valence electrons. The Morgan fingerprint density at radius 1 is 1.16 bits per heavy atom. The molecule has 0 spiro atoms. The minimum Gasteiger partial charge on any atom is -0.494 e. The van der Waals surface area contributed by atoms with Crippen LogP contribution in [0.3, 0.4) is 0 Å². The predicted octanol–water partition coefficient (Wildman–Crippen LogP) is 4.44. The quantitative estimate of drug-likeness (QED) is 0.662. The molecule has 2 aromatic heterocycles. The number of ether oxygens (including phenoxy) is 2. The van der Waals surface area contributed by atoms with Crippen molar-refractivity contribution in [3.05, 3.63) is 53.9 Å². The van der Waals surface area contributed by atoms with Gasteiger partial charge in [-0.1, -0.05) is 11.6 Å². The Balaban J connectivity index is 1.49. The molecule has 5 nitrogen and oxygen atoms in total. The Bertz CT molecular complexity index is 866. The van der Waals surface area contributed by atoms with Crippen molar-refractivity contribution in [1.29, 1.82) is 0 Å². The number of nitrogens with one attached hydrogen (secondary N) is 1. The van der Waals surface area contributed by atoms with Crippen LogP contribution in [0.2, 0.25) is 5.15 Å². The van der Waals surface area contributed by atoms with Crippen LogP contribution in [0, 0.1) is 5.92 Å². The molecule has 6 heteroatoms. The summed E-state index contributed by atoms with van der Waals surface area (Å²) in [5.74, 6) is 2.30. The van der Waals surface area contributed by atoms with Gasteiger partial charge < -0.3 is 14.8 Å². The Hall–Kier alpha value is -2.37. The maximum absolute atomic E-state index is 5.87. The Kier molecular flexibility index (Phi) is 4.68. The average Bonchev–Trinajstić information content (AvgIpc) is 2.59. The zero-order valence-corrected chi connectivity index (χ0v) is 14.4. The van der Waals surface area contributed by atoms with Crippen molar-refractivity contribution in [2.24, 2.45) is 5.92 Å². The normalized spacial score (nSPS) is 14.3. The van der Waals surface area contributed by atoms with Gasteiger partial charge in [0.15, 0.2) is 0 Å². The summed E-state index contributed by atoms with van der Waals surface area (Å²) in [6, 6.07) is 11.6. The number of anilines is 2. The summed E-state index contributed by atoms with van der Waals surface area (Å²) in [6.45, 7) is 2.44. The summed E-state index contributed by atoms with van der Waals surface area (Å²) >= 11 is 5.83. The topological polar surface area (TPSA) is 56.3 Å². The van der Waals surface area contributed by atoms with Crippen LogP contribution >= 0.6 is 11.6 Å². The van der Waals surface area contributed by atoms with Gasteiger partial charge in [-0.3, -0.25) is 0 Å². The van der Waals surface area contributed by atoms with Crippen LogP contribution in [-0.2, 0) is 4.74 Å². The first-order chi connectivity index (χ1) is 12.3. The molecule has 0 bridgehead atoms. The van der Waals surface area contributed by atoms with E-state index in [2.05, 4.69) is 15.3 Å². The molecule has 3 heterocycles. The van der Waals surface area contributed by atoms with Gasteiger partial charge in [-0.2, -0.15) is 0 Å². The highest BCUT2D eigenvalue weighted by molar-refractivity contribution is 6.29. The molecule has 1 saturated heterocycles. The van der Waals surface area contributed by atoms with Gasteiger partial charge in [0.05, 0.1) is 31.7 Å². The van der Waals surface area contributed by atoms with E-state index in [4.69, 9.17) is 21.1 Å². The van der Waals surface area contributed by atoms with E-state index in [0.29, 0.717) is 17.7 Å². The zero-order valence-electron chi connectivity index (χ0n) is 13.6. The van der Waals surface area contributed by atoms with Crippen molar-refractivity contribution in [3.8, 4) is 5.75 Å². The molecule has 0 amide bonds. The maximum atomic E-state index is 5.87. The lowest BCUT2D eigenvalue weighted by Gasteiger charge is -2.25. The molecule has 1 aliphatic rings. The Labute approximate surface area is 151 Å². The molecule has 0 unspecified atom stereocenters. The number of pyridine rings is 2. The lowest BCUT2D eigenvalue weighted by molar-refractivity contribution is -0.0401. The van der Waals surface area contributed by atoms with Crippen molar-refractivity contribution < 1.29 is 9.47 Å².